The number of aliphatic carboxylic acids is 1. The standard InChI is InChI=1S/C28H25BrF3N5O6/c1-14-27(12-40-13-27)41-7-6-36(14)18-8-15(29)10-33-24(18)42-16-9-19(25(38)39)37(11-16)23-22-21(34-26(35-23)28(30,31)32)17-4-2-3-5-20(17)43-22/h2-5,8,10,14,16,19H,6-7,9,11-13H2,1H3,(H,38,39)/t14-,16-,19-/m0/s1. The fourth-order valence-electron chi connectivity index (χ4n) is 6.02. The molecule has 0 radical (unpaired) electrons. The molecule has 0 bridgehead atoms. The van der Waals surface area contributed by atoms with Crippen LogP contribution in [0.4, 0.5) is 24.7 Å². The molecule has 0 saturated carbocycles. The number of carbonyl (C=O) groups is 1. The number of alkyl halides is 3. The number of rotatable bonds is 5. The number of benzene rings is 1. The molecule has 1 N–H and O–H groups in total. The quantitative estimate of drug-likeness (QED) is 0.321. The molecule has 0 unspecified atom stereocenters. The van der Waals surface area contributed by atoms with E-state index >= 15 is 0 Å². The smallest absolute Gasteiger partial charge is 0.451 e. The van der Waals surface area contributed by atoms with Gasteiger partial charge in [-0.1, -0.05) is 12.1 Å². The van der Waals surface area contributed by atoms with E-state index in [2.05, 4.69) is 35.8 Å². The van der Waals surface area contributed by atoms with Crippen molar-refractivity contribution in [3.63, 3.8) is 0 Å². The zero-order valence-electron chi connectivity index (χ0n) is 22.7. The average Bonchev–Trinajstić information content (AvgIpc) is 3.54. The van der Waals surface area contributed by atoms with Crippen LogP contribution < -0.4 is 14.5 Å². The van der Waals surface area contributed by atoms with Crippen LogP contribution in [0.3, 0.4) is 0 Å². The number of anilines is 2. The lowest BCUT2D eigenvalue weighted by Gasteiger charge is -2.53. The van der Waals surface area contributed by atoms with Gasteiger partial charge in [0.1, 0.15) is 34.5 Å². The molecule has 3 aliphatic heterocycles. The summed E-state index contributed by atoms with van der Waals surface area (Å²) >= 11 is 3.48. The Hall–Kier alpha value is -3.69. The predicted molar refractivity (Wildman–Crippen MR) is 150 cm³/mol. The van der Waals surface area contributed by atoms with Gasteiger partial charge in [0.2, 0.25) is 11.7 Å². The third kappa shape index (κ3) is 4.73. The highest BCUT2D eigenvalue weighted by Crippen LogP contribution is 2.42. The molecule has 0 aliphatic carbocycles. The van der Waals surface area contributed by atoms with Crippen molar-refractivity contribution in [3.8, 4) is 5.88 Å². The van der Waals surface area contributed by atoms with Crippen molar-refractivity contribution in [2.24, 2.45) is 0 Å². The van der Waals surface area contributed by atoms with Crippen molar-refractivity contribution in [1.29, 1.82) is 0 Å². The van der Waals surface area contributed by atoms with E-state index in [1.54, 1.807) is 30.5 Å². The maximum Gasteiger partial charge on any atom is 0.451 e. The van der Waals surface area contributed by atoms with Gasteiger partial charge in [-0.3, -0.25) is 0 Å². The first-order valence-corrected chi connectivity index (χ1v) is 14.4. The number of fused-ring (bicyclic) bond motifs is 3. The second-order valence-electron chi connectivity index (χ2n) is 10.9. The molecule has 15 heteroatoms. The number of ether oxygens (including phenoxy) is 3. The SMILES string of the molecule is C[C@@H]1N(c2cc(Br)cnc2O[C@H]2C[C@@H](C(=O)O)N(c3nc(C(F)(F)F)nc4c3oc3ccccc34)C2)CCOC12COC2. The van der Waals surface area contributed by atoms with Gasteiger partial charge in [-0.15, -0.1) is 0 Å². The molecular formula is C28H25BrF3N5O6. The Morgan fingerprint density at radius 1 is 1.21 bits per heavy atom. The Labute approximate surface area is 250 Å². The number of aromatic nitrogens is 3. The normalized spacial score (nSPS) is 23.7. The van der Waals surface area contributed by atoms with Gasteiger partial charge in [0, 0.05) is 29.0 Å². The molecule has 43 heavy (non-hydrogen) atoms. The minimum atomic E-state index is -4.87. The van der Waals surface area contributed by atoms with Crippen LogP contribution >= 0.6 is 15.9 Å². The highest BCUT2D eigenvalue weighted by molar-refractivity contribution is 9.10. The lowest BCUT2D eigenvalue weighted by molar-refractivity contribution is -0.228. The summed E-state index contributed by atoms with van der Waals surface area (Å²) in [4.78, 5) is 27.9. The summed E-state index contributed by atoms with van der Waals surface area (Å²) in [6.07, 6.45) is -4.07. The van der Waals surface area contributed by atoms with Gasteiger partial charge in [-0.2, -0.15) is 13.2 Å². The number of hydrogen-bond donors (Lipinski definition) is 1. The van der Waals surface area contributed by atoms with E-state index in [-0.39, 0.29) is 41.8 Å². The molecule has 3 saturated heterocycles. The number of furan rings is 1. The zero-order chi connectivity index (χ0) is 30.1. The molecule has 3 fully saturated rings. The summed E-state index contributed by atoms with van der Waals surface area (Å²) in [5.41, 5.74) is 0.469. The summed E-state index contributed by atoms with van der Waals surface area (Å²) < 4.78 is 66.2. The minimum Gasteiger partial charge on any atom is -0.480 e. The summed E-state index contributed by atoms with van der Waals surface area (Å²) in [5, 5.41) is 10.5. The van der Waals surface area contributed by atoms with Crippen molar-refractivity contribution in [1.82, 2.24) is 15.0 Å². The molecule has 3 atom stereocenters. The van der Waals surface area contributed by atoms with Crippen LogP contribution in [0.25, 0.3) is 22.1 Å². The first kappa shape index (κ1) is 28.1. The van der Waals surface area contributed by atoms with Crippen molar-refractivity contribution in [2.75, 3.05) is 42.7 Å². The summed E-state index contributed by atoms with van der Waals surface area (Å²) in [7, 11) is 0. The Morgan fingerprint density at radius 3 is 2.72 bits per heavy atom. The Balaban J connectivity index is 1.25. The number of carboxylic acids is 1. The van der Waals surface area contributed by atoms with Crippen LogP contribution in [0, 0.1) is 0 Å². The third-order valence-electron chi connectivity index (χ3n) is 8.31. The number of halogens is 4. The van der Waals surface area contributed by atoms with E-state index in [0.29, 0.717) is 43.0 Å². The predicted octanol–water partition coefficient (Wildman–Crippen LogP) is 4.66. The minimum absolute atomic E-state index is 0.0290. The molecule has 4 aromatic rings. The second kappa shape index (κ2) is 10.2. The number of para-hydroxylation sites is 1. The molecule has 226 valence electrons. The third-order valence-corrected chi connectivity index (χ3v) is 8.74. The monoisotopic (exact) mass is 663 g/mol. The first-order chi connectivity index (χ1) is 20.5. The van der Waals surface area contributed by atoms with Crippen molar-refractivity contribution in [2.45, 2.75) is 43.3 Å². The maximum absolute atomic E-state index is 13.9. The van der Waals surface area contributed by atoms with Crippen molar-refractivity contribution < 1.29 is 41.7 Å². The van der Waals surface area contributed by atoms with Gasteiger partial charge in [0.05, 0.1) is 32.4 Å². The van der Waals surface area contributed by atoms with Gasteiger partial charge in [-0.25, -0.2) is 19.7 Å². The Morgan fingerprint density at radius 2 is 2.00 bits per heavy atom. The number of nitrogens with zero attached hydrogens (tertiary/aromatic N) is 5. The van der Waals surface area contributed by atoms with E-state index < -0.39 is 35.7 Å². The summed E-state index contributed by atoms with van der Waals surface area (Å²) in [5.74, 6) is -2.61. The first-order valence-electron chi connectivity index (χ1n) is 13.6. The van der Waals surface area contributed by atoms with Crippen LogP contribution in [-0.4, -0.2) is 82.7 Å². The van der Waals surface area contributed by atoms with Crippen LogP contribution in [0.15, 0.2) is 45.4 Å². The molecule has 11 nitrogen and oxygen atoms in total. The molecule has 1 aromatic carbocycles. The fourth-order valence-corrected chi connectivity index (χ4v) is 6.34. The second-order valence-corrected chi connectivity index (χ2v) is 11.8. The van der Waals surface area contributed by atoms with E-state index in [4.69, 9.17) is 18.6 Å². The van der Waals surface area contributed by atoms with Crippen LogP contribution in [-0.2, 0) is 20.4 Å². The number of carboxylic acid groups (broad SMARTS) is 1. The van der Waals surface area contributed by atoms with Gasteiger partial charge in [-0.05, 0) is 41.1 Å². The van der Waals surface area contributed by atoms with Gasteiger partial charge in [0.15, 0.2) is 11.4 Å². The van der Waals surface area contributed by atoms with Gasteiger partial charge in [0.25, 0.3) is 0 Å². The molecule has 3 aromatic heterocycles. The molecule has 1 spiro atoms. The topological polar surface area (TPSA) is 123 Å². The average molecular weight is 664 g/mol. The lowest BCUT2D eigenvalue weighted by Crippen LogP contribution is -2.68. The summed E-state index contributed by atoms with van der Waals surface area (Å²) in [6.45, 7) is 3.93. The molecular weight excluding hydrogens is 639 g/mol. The van der Waals surface area contributed by atoms with E-state index in [1.807, 2.05) is 13.0 Å². The van der Waals surface area contributed by atoms with Crippen LogP contribution in [0.2, 0.25) is 0 Å². The molecule has 6 heterocycles. The van der Waals surface area contributed by atoms with Crippen molar-refractivity contribution in [3.05, 3.63) is 46.8 Å². The molecule has 7 rings (SSSR count). The van der Waals surface area contributed by atoms with E-state index in [9.17, 15) is 23.1 Å². The molecule has 3 aliphatic rings. The highest BCUT2D eigenvalue weighted by atomic mass is 79.9. The summed E-state index contributed by atoms with van der Waals surface area (Å²) in [6, 6.07) is 7.10. The maximum atomic E-state index is 13.9. The van der Waals surface area contributed by atoms with Crippen LogP contribution in [0.1, 0.15) is 19.2 Å². The van der Waals surface area contributed by atoms with E-state index in [0.717, 1.165) is 4.47 Å². The Bertz CT molecular complexity index is 1730. The number of hydrogen-bond acceptors (Lipinski definition) is 10. The van der Waals surface area contributed by atoms with E-state index in [1.165, 1.54) is 4.90 Å². The number of morpholine rings is 1. The number of pyridine rings is 1. The zero-order valence-corrected chi connectivity index (χ0v) is 24.3. The highest BCUT2D eigenvalue weighted by Gasteiger charge is 2.50. The molecule has 0 amide bonds. The van der Waals surface area contributed by atoms with Crippen LogP contribution in [0.5, 0.6) is 5.88 Å². The fraction of sp³-hybridized carbons (Fsp3) is 0.429. The largest absolute Gasteiger partial charge is 0.480 e. The Kier molecular flexibility index (Phi) is 6.67. The van der Waals surface area contributed by atoms with Crippen molar-refractivity contribution >= 4 is 55.5 Å². The van der Waals surface area contributed by atoms with Gasteiger partial charge >= 0.3 is 12.1 Å². The lowest BCUT2D eigenvalue weighted by atomic mass is 9.90. The van der Waals surface area contributed by atoms with Gasteiger partial charge < -0.3 is 33.5 Å².